The summed E-state index contributed by atoms with van der Waals surface area (Å²) in [7, 11) is 1.78. The molecule has 2 unspecified atom stereocenters. The predicted octanol–water partition coefficient (Wildman–Crippen LogP) is 1.25. The molecule has 7 nitrogen and oxygen atoms in total. The summed E-state index contributed by atoms with van der Waals surface area (Å²) >= 11 is 0. The van der Waals surface area contributed by atoms with Gasteiger partial charge in [-0.2, -0.15) is 0 Å². The van der Waals surface area contributed by atoms with Gasteiger partial charge in [0.25, 0.3) is 0 Å². The summed E-state index contributed by atoms with van der Waals surface area (Å²) in [5.41, 5.74) is 2.10. The van der Waals surface area contributed by atoms with Crippen LogP contribution in [-0.2, 0) is 9.53 Å². The number of carbonyl (C=O) groups is 1. The van der Waals surface area contributed by atoms with Gasteiger partial charge in [0.15, 0.2) is 5.96 Å². The van der Waals surface area contributed by atoms with E-state index in [1.165, 1.54) is 5.56 Å². The van der Waals surface area contributed by atoms with E-state index < -0.39 is 0 Å². The zero-order valence-corrected chi connectivity index (χ0v) is 16.3. The molecule has 3 rings (SSSR count). The second kappa shape index (κ2) is 9.71. The lowest BCUT2D eigenvalue weighted by Gasteiger charge is -2.29. The third-order valence-corrected chi connectivity index (χ3v) is 5.14. The van der Waals surface area contributed by atoms with Crippen LogP contribution >= 0.6 is 0 Å². The molecule has 0 aliphatic carbocycles. The summed E-state index contributed by atoms with van der Waals surface area (Å²) in [6, 6.07) is 8.01. The first-order valence-electron chi connectivity index (χ1n) is 9.79. The Bertz CT molecular complexity index is 658. The van der Waals surface area contributed by atoms with Crippen molar-refractivity contribution in [2.75, 3.05) is 58.3 Å². The van der Waals surface area contributed by atoms with E-state index in [2.05, 4.69) is 38.8 Å². The van der Waals surface area contributed by atoms with Crippen LogP contribution in [0.15, 0.2) is 29.3 Å². The van der Waals surface area contributed by atoms with E-state index in [0.717, 1.165) is 51.0 Å². The molecule has 27 heavy (non-hydrogen) atoms. The Hall–Kier alpha value is -2.12. The van der Waals surface area contributed by atoms with E-state index in [1.54, 1.807) is 7.05 Å². The molecule has 2 aliphatic heterocycles. The molecule has 0 spiro atoms. The fraction of sp³-hybridized carbons (Fsp3) is 0.600. The number of aliphatic imine (C=N–C) groups is 1. The van der Waals surface area contributed by atoms with Gasteiger partial charge in [0, 0.05) is 57.8 Å². The normalized spacial score (nSPS) is 21.9. The topological polar surface area (TPSA) is 78.0 Å². The molecule has 1 fully saturated rings. The number of morpholine rings is 1. The number of nitrogens with one attached hydrogen (secondary N) is 3. The SMILES string of the molecule is CN=C(NCC(C)CN1CCOCC1)NCC1CC(=O)Nc2ccccc21. The molecule has 148 valence electrons. The summed E-state index contributed by atoms with van der Waals surface area (Å²) in [4.78, 5) is 18.7. The van der Waals surface area contributed by atoms with Crippen LogP contribution in [0.1, 0.15) is 24.8 Å². The Labute approximate surface area is 161 Å². The van der Waals surface area contributed by atoms with Crippen molar-refractivity contribution >= 4 is 17.6 Å². The fourth-order valence-electron chi connectivity index (χ4n) is 3.68. The lowest BCUT2D eigenvalue weighted by atomic mass is 9.90. The minimum atomic E-state index is 0.0718. The van der Waals surface area contributed by atoms with Crippen molar-refractivity contribution < 1.29 is 9.53 Å². The Kier molecular flexibility index (Phi) is 7.06. The number of hydrogen-bond acceptors (Lipinski definition) is 4. The minimum absolute atomic E-state index is 0.0718. The molecule has 3 N–H and O–H groups in total. The summed E-state index contributed by atoms with van der Waals surface area (Å²) < 4.78 is 5.40. The van der Waals surface area contributed by atoms with Crippen molar-refractivity contribution in [3.8, 4) is 0 Å². The molecule has 0 saturated carbocycles. The number of benzene rings is 1. The Morgan fingerprint density at radius 1 is 1.33 bits per heavy atom. The number of fused-ring (bicyclic) bond motifs is 1. The lowest BCUT2D eigenvalue weighted by molar-refractivity contribution is -0.116. The zero-order valence-electron chi connectivity index (χ0n) is 16.3. The molecule has 2 atom stereocenters. The van der Waals surface area contributed by atoms with Gasteiger partial charge < -0.3 is 20.7 Å². The first-order chi connectivity index (χ1) is 13.2. The fourth-order valence-corrected chi connectivity index (χ4v) is 3.68. The van der Waals surface area contributed by atoms with Crippen LogP contribution in [-0.4, -0.2) is 69.8 Å². The number of rotatable bonds is 6. The number of guanidine groups is 1. The van der Waals surface area contributed by atoms with Gasteiger partial charge >= 0.3 is 0 Å². The Morgan fingerprint density at radius 3 is 2.89 bits per heavy atom. The maximum Gasteiger partial charge on any atom is 0.225 e. The summed E-state index contributed by atoms with van der Waals surface area (Å²) in [6.45, 7) is 8.54. The molecule has 2 aliphatic rings. The largest absolute Gasteiger partial charge is 0.379 e. The smallest absolute Gasteiger partial charge is 0.225 e. The molecule has 0 radical (unpaired) electrons. The molecule has 2 heterocycles. The number of ether oxygens (including phenoxy) is 1. The van der Waals surface area contributed by atoms with Crippen LogP contribution < -0.4 is 16.0 Å². The standard InChI is InChI=1S/C20H31N5O2/c1-15(14-25-7-9-27-10-8-25)12-22-20(21-2)23-13-16-11-19(26)24-18-6-4-3-5-17(16)18/h3-6,15-16H,7-14H2,1-2H3,(H,24,26)(H2,21,22,23). The third-order valence-electron chi connectivity index (χ3n) is 5.14. The van der Waals surface area contributed by atoms with E-state index in [4.69, 9.17) is 4.74 Å². The van der Waals surface area contributed by atoms with Crippen LogP contribution in [0.25, 0.3) is 0 Å². The Morgan fingerprint density at radius 2 is 2.11 bits per heavy atom. The highest BCUT2D eigenvalue weighted by atomic mass is 16.5. The molecular formula is C20H31N5O2. The average Bonchev–Trinajstić information content (AvgIpc) is 2.68. The second-order valence-electron chi connectivity index (χ2n) is 7.39. The van der Waals surface area contributed by atoms with Gasteiger partial charge in [-0.15, -0.1) is 0 Å². The molecule has 1 aromatic rings. The number of anilines is 1. The Balaban J connectivity index is 1.46. The summed E-state index contributed by atoms with van der Waals surface area (Å²) in [6.07, 6.45) is 0.494. The van der Waals surface area contributed by atoms with Gasteiger partial charge in [-0.05, 0) is 17.5 Å². The molecule has 1 saturated heterocycles. The van der Waals surface area contributed by atoms with Crippen molar-refractivity contribution in [1.29, 1.82) is 0 Å². The average molecular weight is 374 g/mol. The van der Waals surface area contributed by atoms with Crippen LogP contribution in [0.2, 0.25) is 0 Å². The maximum atomic E-state index is 12.0. The maximum absolute atomic E-state index is 12.0. The van der Waals surface area contributed by atoms with Gasteiger partial charge in [0.1, 0.15) is 0 Å². The highest BCUT2D eigenvalue weighted by Gasteiger charge is 2.24. The molecule has 1 aromatic carbocycles. The highest BCUT2D eigenvalue weighted by Crippen LogP contribution is 2.31. The van der Waals surface area contributed by atoms with E-state index in [-0.39, 0.29) is 11.8 Å². The zero-order chi connectivity index (χ0) is 19.1. The van der Waals surface area contributed by atoms with Crippen LogP contribution in [0, 0.1) is 5.92 Å². The first kappa shape index (κ1) is 19.6. The molecule has 0 aromatic heterocycles. The van der Waals surface area contributed by atoms with Crippen molar-refractivity contribution in [2.24, 2.45) is 10.9 Å². The molecule has 0 bridgehead atoms. The van der Waals surface area contributed by atoms with Gasteiger partial charge in [-0.3, -0.25) is 14.7 Å². The second-order valence-corrected chi connectivity index (χ2v) is 7.39. The number of hydrogen-bond donors (Lipinski definition) is 3. The lowest BCUT2D eigenvalue weighted by Crippen LogP contribution is -2.45. The van der Waals surface area contributed by atoms with E-state index in [1.807, 2.05) is 18.2 Å². The minimum Gasteiger partial charge on any atom is -0.379 e. The van der Waals surface area contributed by atoms with Crippen LogP contribution in [0.5, 0.6) is 0 Å². The third kappa shape index (κ3) is 5.68. The van der Waals surface area contributed by atoms with E-state index in [9.17, 15) is 4.79 Å². The van der Waals surface area contributed by atoms with Gasteiger partial charge in [0.05, 0.1) is 13.2 Å². The summed E-state index contributed by atoms with van der Waals surface area (Å²) in [5.74, 6) is 1.52. The number of para-hydroxylation sites is 1. The molecule has 7 heteroatoms. The number of nitrogens with zero attached hydrogens (tertiary/aromatic N) is 2. The van der Waals surface area contributed by atoms with Gasteiger partial charge in [-0.25, -0.2) is 0 Å². The van der Waals surface area contributed by atoms with Gasteiger partial charge in [-0.1, -0.05) is 25.1 Å². The first-order valence-corrected chi connectivity index (χ1v) is 9.79. The molecule has 1 amide bonds. The van der Waals surface area contributed by atoms with Crippen molar-refractivity contribution in [1.82, 2.24) is 15.5 Å². The highest BCUT2D eigenvalue weighted by molar-refractivity contribution is 5.94. The quantitative estimate of drug-likeness (QED) is 0.517. The van der Waals surface area contributed by atoms with Crippen molar-refractivity contribution in [2.45, 2.75) is 19.3 Å². The van der Waals surface area contributed by atoms with Gasteiger partial charge in [0.2, 0.25) is 5.91 Å². The van der Waals surface area contributed by atoms with E-state index in [0.29, 0.717) is 18.9 Å². The van der Waals surface area contributed by atoms with Crippen molar-refractivity contribution in [3.63, 3.8) is 0 Å². The summed E-state index contributed by atoms with van der Waals surface area (Å²) in [5, 5.41) is 9.74. The van der Waals surface area contributed by atoms with E-state index >= 15 is 0 Å². The number of amides is 1. The van der Waals surface area contributed by atoms with Crippen LogP contribution in [0.3, 0.4) is 0 Å². The number of carbonyl (C=O) groups excluding carboxylic acids is 1. The van der Waals surface area contributed by atoms with Crippen LogP contribution in [0.4, 0.5) is 5.69 Å². The molecular weight excluding hydrogens is 342 g/mol. The van der Waals surface area contributed by atoms with Crippen molar-refractivity contribution in [3.05, 3.63) is 29.8 Å². The monoisotopic (exact) mass is 373 g/mol. The predicted molar refractivity (Wildman–Crippen MR) is 108 cm³/mol.